The molecule has 23 heavy (non-hydrogen) atoms. The first-order chi connectivity index (χ1) is 11.3. The number of benzene rings is 1. The molecule has 0 aliphatic carbocycles. The highest BCUT2D eigenvalue weighted by Gasteiger charge is 2.02. The summed E-state index contributed by atoms with van der Waals surface area (Å²) in [5.74, 6) is 0.269. The molecule has 0 saturated heterocycles. The van der Waals surface area contributed by atoms with Gasteiger partial charge in [0.15, 0.2) is 0 Å². The molecule has 3 nitrogen and oxygen atoms in total. The number of rotatable bonds is 11. The number of phenols is 1. The molecule has 1 aromatic heterocycles. The van der Waals surface area contributed by atoms with Gasteiger partial charge in [-0.25, -0.2) is 4.98 Å². The highest BCUT2D eigenvalue weighted by molar-refractivity contribution is 5.84. The number of aliphatic hydroxyl groups excluding tert-OH is 1. The van der Waals surface area contributed by atoms with Crippen molar-refractivity contribution >= 4 is 10.9 Å². The van der Waals surface area contributed by atoms with Crippen molar-refractivity contribution < 1.29 is 10.2 Å². The third kappa shape index (κ3) is 6.19. The Morgan fingerprint density at radius 1 is 0.739 bits per heavy atom. The lowest BCUT2D eigenvalue weighted by Gasteiger charge is -2.05. The van der Waals surface area contributed by atoms with E-state index in [1.165, 1.54) is 38.5 Å². The topological polar surface area (TPSA) is 53.4 Å². The number of fused-ring (bicyclic) bond motifs is 1. The van der Waals surface area contributed by atoms with Gasteiger partial charge < -0.3 is 10.2 Å². The summed E-state index contributed by atoms with van der Waals surface area (Å²) in [4.78, 5) is 4.58. The monoisotopic (exact) mass is 315 g/mol. The van der Waals surface area contributed by atoms with E-state index in [1.54, 1.807) is 6.07 Å². The molecule has 0 aliphatic rings. The molecule has 0 amide bonds. The molecule has 3 heteroatoms. The molecule has 1 heterocycles. The number of phenolic OH excluding ortho intramolecular Hbond substituents is 1. The zero-order valence-electron chi connectivity index (χ0n) is 14.0. The molecule has 0 radical (unpaired) electrons. The van der Waals surface area contributed by atoms with Crippen LogP contribution in [0.5, 0.6) is 5.75 Å². The van der Waals surface area contributed by atoms with Gasteiger partial charge in [0.25, 0.3) is 0 Å². The second kappa shape index (κ2) is 10.2. The van der Waals surface area contributed by atoms with E-state index in [4.69, 9.17) is 5.11 Å². The highest BCUT2D eigenvalue weighted by Crippen LogP contribution is 2.23. The predicted octanol–water partition coefficient (Wildman–Crippen LogP) is 4.99. The Labute approximate surface area is 139 Å². The van der Waals surface area contributed by atoms with Crippen LogP contribution in [0.4, 0.5) is 0 Å². The SMILES string of the molecule is OCCCCCCCCCCCc1ccc2cccc(O)c2n1. The molecule has 0 bridgehead atoms. The van der Waals surface area contributed by atoms with Crippen LogP contribution in [-0.2, 0) is 6.42 Å². The zero-order valence-corrected chi connectivity index (χ0v) is 14.0. The number of hydrogen-bond acceptors (Lipinski definition) is 3. The molecule has 2 rings (SSSR count). The number of aliphatic hydroxyl groups is 1. The standard InChI is InChI=1S/C20H29NO2/c22-16-9-7-5-3-1-2-4-6-8-12-18-15-14-17-11-10-13-19(23)20(17)21-18/h10-11,13-15,22-23H,1-9,12,16H2. The number of aryl methyl sites for hydroxylation is 1. The molecule has 2 N–H and O–H groups in total. The lowest BCUT2D eigenvalue weighted by Crippen LogP contribution is -1.92. The largest absolute Gasteiger partial charge is 0.506 e. The summed E-state index contributed by atoms with van der Waals surface area (Å²) in [5, 5.41) is 19.6. The van der Waals surface area contributed by atoms with Crippen LogP contribution >= 0.6 is 0 Å². The van der Waals surface area contributed by atoms with Gasteiger partial charge >= 0.3 is 0 Å². The summed E-state index contributed by atoms with van der Waals surface area (Å²) in [7, 11) is 0. The number of unbranched alkanes of at least 4 members (excludes halogenated alkanes) is 8. The highest BCUT2D eigenvalue weighted by atomic mass is 16.3. The number of hydrogen-bond donors (Lipinski definition) is 2. The predicted molar refractivity (Wildman–Crippen MR) is 95.8 cm³/mol. The summed E-state index contributed by atoms with van der Waals surface area (Å²) in [5.41, 5.74) is 1.79. The summed E-state index contributed by atoms with van der Waals surface area (Å²) in [6.45, 7) is 0.334. The van der Waals surface area contributed by atoms with E-state index in [0.717, 1.165) is 36.8 Å². The van der Waals surface area contributed by atoms with Crippen LogP contribution in [0.3, 0.4) is 0 Å². The molecule has 2 aromatic rings. The van der Waals surface area contributed by atoms with Crippen LogP contribution in [0, 0.1) is 0 Å². The van der Waals surface area contributed by atoms with E-state index < -0.39 is 0 Å². The van der Waals surface area contributed by atoms with Crippen molar-refractivity contribution in [2.45, 2.75) is 64.2 Å². The van der Waals surface area contributed by atoms with Crippen molar-refractivity contribution in [2.24, 2.45) is 0 Å². The Bertz CT molecular complexity index is 583. The first-order valence-electron chi connectivity index (χ1n) is 9.00. The van der Waals surface area contributed by atoms with Crippen molar-refractivity contribution in [1.82, 2.24) is 4.98 Å². The van der Waals surface area contributed by atoms with Crippen molar-refractivity contribution in [1.29, 1.82) is 0 Å². The van der Waals surface area contributed by atoms with Crippen LogP contribution in [0.2, 0.25) is 0 Å². The van der Waals surface area contributed by atoms with E-state index in [0.29, 0.717) is 12.1 Å². The fourth-order valence-corrected chi connectivity index (χ4v) is 2.97. The van der Waals surface area contributed by atoms with Gasteiger partial charge in [-0.1, -0.05) is 63.1 Å². The second-order valence-corrected chi connectivity index (χ2v) is 6.31. The first-order valence-corrected chi connectivity index (χ1v) is 9.00. The molecule has 1 aromatic carbocycles. The maximum atomic E-state index is 9.87. The van der Waals surface area contributed by atoms with Gasteiger partial charge in [0.1, 0.15) is 11.3 Å². The summed E-state index contributed by atoms with van der Waals surface area (Å²) >= 11 is 0. The lowest BCUT2D eigenvalue weighted by atomic mass is 10.1. The van der Waals surface area contributed by atoms with Gasteiger partial charge in [0.05, 0.1) is 0 Å². The Balaban J connectivity index is 1.60. The van der Waals surface area contributed by atoms with Crippen molar-refractivity contribution in [3.05, 3.63) is 36.0 Å². The normalized spacial score (nSPS) is 11.2. The van der Waals surface area contributed by atoms with E-state index in [-0.39, 0.29) is 5.75 Å². The third-order valence-electron chi connectivity index (χ3n) is 4.35. The van der Waals surface area contributed by atoms with E-state index in [1.807, 2.05) is 18.2 Å². The van der Waals surface area contributed by atoms with Gasteiger partial charge in [-0.2, -0.15) is 0 Å². The number of pyridine rings is 1. The van der Waals surface area contributed by atoms with Crippen LogP contribution in [0.1, 0.15) is 63.5 Å². The Kier molecular flexibility index (Phi) is 7.88. The Morgan fingerprint density at radius 2 is 1.39 bits per heavy atom. The fourth-order valence-electron chi connectivity index (χ4n) is 2.97. The van der Waals surface area contributed by atoms with E-state index in [2.05, 4.69) is 11.1 Å². The van der Waals surface area contributed by atoms with Crippen molar-refractivity contribution in [2.75, 3.05) is 6.61 Å². The van der Waals surface area contributed by atoms with Crippen LogP contribution in [0.15, 0.2) is 30.3 Å². The zero-order chi connectivity index (χ0) is 16.3. The molecular formula is C20H29NO2. The molecule has 0 unspecified atom stereocenters. The molecule has 0 fully saturated rings. The van der Waals surface area contributed by atoms with Crippen LogP contribution < -0.4 is 0 Å². The smallest absolute Gasteiger partial charge is 0.141 e. The van der Waals surface area contributed by atoms with Gasteiger partial charge in [-0.15, -0.1) is 0 Å². The Morgan fingerprint density at radius 3 is 2.09 bits per heavy atom. The maximum absolute atomic E-state index is 9.87. The second-order valence-electron chi connectivity index (χ2n) is 6.31. The van der Waals surface area contributed by atoms with Crippen molar-refractivity contribution in [3.8, 4) is 5.75 Å². The first kappa shape index (κ1) is 17.7. The number of aromatic nitrogens is 1. The van der Waals surface area contributed by atoms with Gasteiger partial charge in [0.2, 0.25) is 0 Å². The Hall–Kier alpha value is -1.61. The van der Waals surface area contributed by atoms with E-state index >= 15 is 0 Å². The maximum Gasteiger partial charge on any atom is 0.141 e. The molecule has 126 valence electrons. The fraction of sp³-hybridized carbons (Fsp3) is 0.550. The average molecular weight is 315 g/mol. The van der Waals surface area contributed by atoms with Gasteiger partial charge in [-0.05, 0) is 31.4 Å². The van der Waals surface area contributed by atoms with Crippen LogP contribution in [0.25, 0.3) is 10.9 Å². The molecular weight excluding hydrogens is 286 g/mol. The number of nitrogens with zero attached hydrogens (tertiary/aromatic N) is 1. The van der Waals surface area contributed by atoms with Gasteiger partial charge in [0, 0.05) is 17.7 Å². The minimum Gasteiger partial charge on any atom is -0.506 e. The third-order valence-corrected chi connectivity index (χ3v) is 4.35. The molecule has 0 atom stereocenters. The molecule has 0 aliphatic heterocycles. The minimum absolute atomic E-state index is 0.269. The number of aromatic hydroxyl groups is 1. The number of para-hydroxylation sites is 1. The van der Waals surface area contributed by atoms with Crippen LogP contribution in [-0.4, -0.2) is 21.8 Å². The molecule has 0 spiro atoms. The lowest BCUT2D eigenvalue weighted by molar-refractivity contribution is 0.282. The summed E-state index contributed by atoms with van der Waals surface area (Å²) in [6.07, 6.45) is 12.0. The van der Waals surface area contributed by atoms with Crippen molar-refractivity contribution in [3.63, 3.8) is 0 Å². The average Bonchev–Trinajstić information content (AvgIpc) is 2.57. The molecule has 0 saturated carbocycles. The minimum atomic E-state index is 0.269. The quantitative estimate of drug-likeness (QED) is 0.575. The van der Waals surface area contributed by atoms with E-state index in [9.17, 15) is 5.11 Å². The van der Waals surface area contributed by atoms with Gasteiger partial charge in [-0.3, -0.25) is 0 Å². The summed E-state index contributed by atoms with van der Waals surface area (Å²) in [6, 6.07) is 9.64. The summed E-state index contributed by atoms with van der Waals surface area (Å²) < 4.78 is 0.